The second-order valence-electron chi connectivity index (χ2n) is 4.71. The minimum atomic E-state index is -4.86. The molecule has 1 saturated heterocycles. The van der Waals surface area contributed by atoms with Gasteiger partial charge in [0.1, 0.15) is 5.75 Å². The molecular weight excluding hydrogens is 317 g/mol. The number of nitrogens with zero attached hydrogens (tertiary/aromatic N) is 2. The van der Waals surface area contributed by atoms with Crippen LogP contribution >= 0.6 is 0 Å². The first-order valence-corrected chi connectivity index (χ1v) is 6.50. The number of urea groups is 1. The lowest BCUT2D eigenvalue weighted by Crippen LogP contribution is -2.27. The van der Waals surface area contributed by atoms with Crippen molar-refractivity contribution in [2.45, 2.75) is 6.36 Å². The molecule has 7 nitrogen and oxygen atoms in total. The summed E-state index contributed by atoms with van der Waals surface area (Å²) in [6.45, 7) is 0.722. The lowest BCUT2D eigenvalue weighted by atomic mass is 10.1. The lowest BCUT2D eigenvalue weighted by molar-refractivity contribution is -0.274. The lowest BCUT2D eigenvalue weighted by Gasteiger charge is -2.17. The Labute approximate surface area is 127 Å². The quantitative estimate of drug-likeness (QED) is 0.902. The second-order valence-corrected chi connectivity index (χ2v) is 4.71. The zero-order chi connectivity index (χ0) is 16.6. The van der Waals surface area contributed by atoms with E-state index in [1.165, 1.54) is 17.2 Å². The predicted molar refractivity (Wildman–Crippen MR) is 73.8 cm³/mol. The van der Waals surface area contributed by atoms with Crippen LogP contribution in [0.5, 0.6) is 5.75 Å². The van der Waals surface area contributed by atoms with E-state index in [2.05, 4.69) is 15.0 Å². The Kier molecular flexibility index (Phi) is 3.51. The molecule has 3 rings (SSSR count). The van der Waals surface area contributed by atoms with Gasteiger partial charge in [-0.15, -0.1) is 13.2 Å². The molecule has 23 heavy (non-hydrogen) atoms. The molecule has 10 heteroatoms. The molecule has 0 bridgehead atoms. The topological polar surface area (TPSA) is 93.6 Å². The predicted octanol–water partition coefficient (Wildman–Crippen LogP) is 2.35. The Morgan fingerprint density at radius 1 is 1.35 bits per heavy atom. The van der Waals surface area contributed by atoms with Gasteiger partial charge in [0, 0.05) is 30.4 Å². The summed E-state index contributed by atoms with van der Waals surface area (Å²) in [7, 11) is 0. The van der Waals surface area contributed by atoms with Gasteiger partial charge >= 0.3 is 12.4 Å². The summed E-state index contributed by atoms with van der Waals surface area (Å²) in [4.78, 5) is 16.7. The van der Waals surface area contributed by atoms with Crippen molar-refractivity contribution < 1.29 is 27.1 Å². The molecule has 0 aliphatic carbocycles. The first-order valence-electron chi connectivity index (χ1n) is 6.50. The van der Waals surface area contributed by atoms with Gasteiger partial charge in [-0.3, -0.25) is 4.90 Å². The number of oxazole rings is 1. The Bertz CT molecular complexity index is 744. The highest BCUT2D eigenvalue weighted by Crippen LogP contribution is 2.34. The number of rotatable bonds is 3. The molecule has 1 aromatic carbocycles. The molecule has 122 valence electrons. The van der Waals surface area contributed by atoms with Crippen molar-refractivity contribution in [1.82, 2.24) is 10.3 Å². The number of nitrogen functional groups attached to an aromatic ring is 1. The fraction of sp³-hybridized carbons (Fsp3) is 0.231. The van der Waals surface area contributed by atoms with E-state index in [0.717, 1.165) is 12.1 Å². The number of anilines is 2. The summed E-state index contributed by atoms with van der Waals surface area (Å²) in [5, 5.41) is 2.57. The van der Waals surface area contributed by atoms with Gasteiger partial charge in [-0.2, -0.15) is 0 Å². The van der Waals surface area contributed by atoms with E-state index in [0.29, 0.717) is 13.1 Å². The molecule has 3 N–H and O–H groups in total. The summed E-state index contributed by atoms with van der Waals surface area (Å²) in [6, 6.07) is 3.22. The van der Waals surface area contributed by atoms with Gasteiger partial charge in [0.15, 0.2) is 5.76 Å². The largest absolute Gasteiger partial charge is 0.573 e. The van der Waals surface area contributed by atoms with Crippen molar-refractivity contribution in [2.24, 2.45) is 0 Å². The number of halogens is 3. The van der Waals surface area contributed by atoms with Crippen molar-refractivity contribution in [1.29, 1.82) is 0 Å². The average molecular weight is 328 g/mol. The van der Waals surface area contributed by atoms with Crippen molar-refractivity contribution in [3.05, 3.63) is 24.4 Å². The summed E-state index contributed by atoms with van der Waals surface area (Å²) < 4.78 is 46.5. The van der Waals surface area contributed by atoms with Gasteiger partial charge in [-0.1, -0.05) is 0 Å². The number of amides is 2. The van der Waals surface area contributed by atoms with Crippen LogP contribution in [0.3, 0.4) is 0 Å². The Balaban J connectivity index is 2.04. The molecule has 1 aromatic heterocycles. The fourth-order valence-corrected chi connectivity index (χ4v) is 2.21. The molecule has 0 saturated carbocycles. The fourth-order valence-electron chi connectivity index (χ4n) is 2.21. The molecule has 0 unspecified atom stereocenters. The SMILES string of the molecule is Nc1ncc(-c2cc(OC(F)(F)F)cc(N3CCNC3=O)c2)o1. The van der Waals surface area contributed by atoms with Gasteiger partial charge < -0.3 is 20.2 Å². The number of alkyl halides is 3. The van der Waals surface area contributed by atoms with Crippen LogP contribution in [0.15, 0.2) is 28.8 Å². The van der Waals surface area contributed by atoms with Crippen LogP contribution in [0, 0.1) is 0 Å². The van der Waals surface area contributed by atoms with E-state index in [9.17, 15) is 18.0 Å². The van der Waals surface area contributed by atoms with E-state index in [1.807, 2.05) is 0 Å². The Hall–Kier alpha value is -2.91. The molecular formula is C13H11F3N4O3. The minimum absolute atomic E-state index is 0.123. The number of aromatic nitrogens is 1. The second kappa shape index (κ2) is 5.38. The monoisotopic (exact) mass is 328 g/mol. The number of carbonyl (C=O) groups excluding carboxylic acids is 1. The highest BCUT2D eigenvalue weighted by Gasteiger charge is 2.32. The molecule has 2 heterocycles. The average Bonchev–Trinajstić information content (AvgIpc) is 3.05. The van der Waals surface area contributed by atoms with Crippen molar-refractivity contribution in [2.75, 3.05) is 23.7 Å². The zero-order valence-corrected chi connectivity index (χ0v) is 11.6. The van der Waals surface area contributed by atoms with Crippen LogP contribution < -0.4 is 20.7 Å². The third-order valence-corrected chi connectivity index (χ3v) is 3.10. The van der Waals surface area contributed by atoms with Crippen LogP contribution in [-0.2, 0) is 0 Å². The Morgan fingerprint density at radius 2 is 2.13 bits per heavy atom. The summed E-state index contributed by atoms with van der Waals surface area (Å²) in [6.07, 6.45) is -3.58. The highest BCUT2D eigenvalue weighted by molar-refractivity contribution is 5.95. The van der Waals surface area contributed by atoms with Crippen LogP contribution in [-0.4, -0.2) is 30.5 Å². The maximum Gasteiger partial charge on any atom is 0.573 e. The molecule has 0 spiro atoms. The van der Waals surface area contributed by atoms with Crippen LogP contribution in [0.4, 0.5) is 29.7 Å². The summed E-state index contributed by atoms with van der Waals surface area (Å²) in [5.74, 6) is -0.310. The van der Waals surface area contributed by atoms with E-state index in [-0.39, 0.29) is 23.0 Å². The molecule has 1 fully saturated rings. The first-order chi connectivity index (χ1) is 10.8. The molecule has 1 aliphatic rings. The number of nitrogens with two attached hydrogens (primary N) is 1. The number of carbonyl (C=O) groups is 1. The van der Waals surface area contributed by atoms with Gasteiger partial charge in [0.25, 0.3) is 6.01 Å². The van der Waals surface area contributed by atoms with Crippen molar-refractivity contribution in [3.63, 3.8) is 0 Å². The first kappa shape index (κ1) is 15.0. The molecule has 0 atom stereocenters. The van der Waals surface area contributed by atoms with Crippen molar-refractivity contribution >= 4 is 17.7 Å². The number of benzene rings is 1. The third-order valence-electron chi connectivity index (χ3n) is 3.10. The molecule has 1 aliphatic heterocycles. The Morgan fingerprint density at radius 3 is 2.70 bits per heavy atom. The van der Waals surface area contributed by atoms with E-state index >= 15 is 0 Å². The smallest absolute Gasteiger partial charge is 0.424 e. The van der Waals surface area contributed by atoms with Gasteiger partial charge in [0.2, 0.25) is 0 Å². The molecule has 2 aromatic rings. The van der Waals surface area contributed by atoms with Crippen molar-refractivity contribution in [3.8, 4) is 17.1 Å². The van der Waals surface area contributed by atoms with E-state index in [1.54, 1.807) is 0 Å². The van der Waals surface area contributed by atoms with Gasteiger partial charge in [-0.05, 0) is 12.1 Å². The number of hydrogen-bond donors (Lipinski definition) is 2. The summed E-state index contributed by atoms with van der Waals surface area (Å²) in [5.41, 5.74) is 5.87. The van der Waals surface area contributed by atoms with E-state index < -0.39 is 18.1 Å². The standard InChI is InChI=1S/C13H11F3N4O3/c14-13(15,16)23-9-4-7(10-6-19-11(17)22-10)3-8(5-9)20-2-1-18-12(20)21/h3-6H,1-2H2,(H2,17,19)(H,18,21). The number of nitrogens with one attached hydrogen (secondary N) is 1. The summed E-state index contributed by atoms with van der Waals surface area (Å²) >= 11 is 0. The zero-order valence-electron chi connectivity index (χ0n) is 11.6. The normalized spacial score (nSPS) is 14.9. The highest BCUT2D eigenvalue weighted by atomic mass is 19.4. The molecule has 2 amide bonds. The molecule has 0 radical (unpaired) electrons. The van der Waals surface area contributed by atoms with Gasteiger partial charge in [-0.25, -0.2) is 9.78 Å². The van der Waals surface area contributed by atoms with Gasteiger partial charge in [0.05, 0.1) is 6.20 Å². The maximum absolute atomic E-state index is 12.5. The number of ether oxygens (including phenoxy) is 1. The number of hydrogen-bond acceptors (Lipinski definition) is 5. The van der Waals surface area contributed by atoms with Crippen LogP contribution in [0.2, 0.25) is 0 Å². The maximum atomic E-state index is 12.5. The minimum Gasteiger partial charge on any atom is -0.424 e. The van der Waals surface area contributed by atoms with Crippen LogP contribution in [0.25, 0.3) is 11.3 Å². The van der Waals surface area contributed by atoms with Crippen LogP contribution in [0.1, 0.15) is 0 Å². The third kappa shape index (κ3) is 3.30. The van der Waals surface area contributed by atoms with E-state index in [4.69, 9.17) is 10.2 Å².